The summed E-state index contributed by atoms with van der Waals surface area (Å²) in [6.45, 7) is 4.73. The van der Waals surface area contributed by atoms with Gasteiger partial charge in [-0.3, -0.25) is 0 Å². The number of rotatable bonds is 4. The summed E-state index contributed by atoms with van der Waals surface area (Å²) in [6.07, 6.45) is 4.84. The van der Waals surface area contributed by atoms with Crippen LogP contribution in [0.2, 0.25) is 0 Å². The van der Waals surface area contributed by atoms with Crippen LogP contribution in [0.4, 0.5) is 16.4 Å². The summed E-state index contributed by atoms with van der Waals surface area (Å²) in [5.74, 6) is 1.67. The van der Waals surface area contributed by atoms with E-state index in [2.05, 4.69) is 19.9 Å². The Morgan fingerprint density at radius 2 is 2.03 bits per heavy atom. The summed E-state index contributed by atoms with van der Waals surface area (Å²) < 4.78 is 16.9. The van der Waals surface area contributed by atoms with Gasteiger partial charge in [0, 0.05) is 30.7 Å². The minimum atomic E-state index is -0.413. The molecule has 3 N–H and O–H groups in total. The summed E-state index contributed by atoms with van der Waals surface area (Å²) in [5, 5.41) is 10.7. The fourth-order valence-electron chi connectivity index (χ4n) is 5.40. The summed E-state index contributed by atoms with van der Waals surface area (Å²) in [6, 6.07) is 1.69. The molecule has 35 heavy (non-hydrogen) atoms. The predicted molar refractivity (Wildman–Crippen MR) is 127 cm³/mol. The first-order valence-electron chi connectivity index (χ1n) is 11.8. The molecule has 12 heteroatoms. The van der Waals surface area contributed by atoms with Gasteiger partial charge in [0.25, 0.3) is 0 Å². The zero-order valence-electron chi connectivity index (χ0n) is 19.4. The number of nitrogens with zero attached hydrogens (tertiary/aromatic N) is 5. The zero-order chi connectivity index (χ0) is 24.2. The molecule has 6 rings (SSSR count). The van der Waals surface area contributed by atoms with Gasteiger partial charge in [-0.05, 0) is 25.8 Å². The number of nitrogens with two attached hydrogens (primary N) is 1. The third kappa shape index (κ3) is 3.79. The van der Waals surface area contributed by atoms with Crippen LogP contribution in [0.3, 0.4) is 0 Å². The van der Waals surface area contributed by atoms with Gasteiger partial charge in [0.05, 0.1) is 30.4 Å². The Kier molecular flexibility index (Phi) is 5.71. The van der Waals surface area contributed by atoms with Crippen molar-refractivity contribution in [3.8, 4) is 5.75 Å². The number of ether oxygens (including phenoxy) is 3. The minimum Gasteiger partial charge on any atom is -0.486 e. The monoisotopic (exact) mass is 500 g/mol. The van der Waals surface area contributed by atoms with Crippen LogP contribution in [0.25, 0.3) is 0 Å². The topological polar surface area (TPSA) is 136 Å². The number of fused-ring (bicyclic) bond motifs is 3. The number of carbonyl (C=O) groups is 1. The van der Waals surface area contributed by atoms with Gasteiger partial charge in [0.2, 0.25) is 0 Å². The number of pyridine rings is 1. The highest BCUT2D eigenvalue weighted by Gasteiger charge is 2.48. The largest absolute Gasteiger partial charge is 0.486 e. The number of amides is 1. The lowest BCUT2D eigenvalue weighted by molar-refractivity contribution is 0.0973. The number of aliphatic hydroxyl groups is 1. The van der Waals surface area contributed by atoms with E-state index in [-0.39, 0.29) is 30.2 Å². The quantitative estimate of drug-likeness (QED) is 0.633. The molecule has 0 aromatic carbocycles. The van der Waals surface area contributed by atoms with E-state index < -0.39 is 6.09 Å². The van der Waals surface area contributed by atoms with Crippen molar-refractivity contribution >= 4 is 29.5 Å². The average molecular weight is 501 g/mol. The summed E-state index contributed by atoms with van der Waals surface area (Å²) in [5.41, 5.74) is 6.99. The van der Waals surface area contributed by atoms with Gasteiger partial charge in [-0.25, -0.2) is 24.6 Å². The van der Waals surface area contributed by atoms with E-state index >= 15 is 0 Å². The number of aliphatic hydroxyl groups excluding tert-OH is 1. The maximum absolute atomic E-state index is 12.2. The lowest BCUT2D eigenvalue weighted by atomic mass is 9.73. The van der Waals surface area contributed by atoms with Crippen LogP contribution in [0.15, 0.2) is 28.4 Å². The number of aromatic nitrogens is 3. The second kappa shape index (κ2) is 8.77. The van der Waals surface area contributed by atoms with Crippen molar-refractivity contribution in [2.24, 2.45) is 11.1 Å². The van der Waals surface area contributed by atoms with Crippen molar-refractivity contribution in [3.05, 3.63) is 24.2 Å². The summed E-state index contributed by atoms with van der Waals surface area (Å²) in [7, 11) is 0. The number of hydrogen-bond donors (Lipinski definition) is 2. The Hall–Kier alpha value is -2.67. The van der Waals surface area contributed by atoms with Crippen LogP contribution < -0.4 is 20.3 Å². The molecular weight excluding hydrogens is 472 g/mol. The zero-order valence-corrected chi connectivity index (χ0v) is 20.2. The van der Waals surface area contributed by atoms with Crippen molar-refractivity contribution < 1.29 is 24.1 Å². The maximum atomic E-state index is 12.2. The Bertz CT molecular complexity index is 1140. The molecule has 2 aromatic rings. The molecule has 1 amide bonds. The van der Waals surface area contributed by atoms with E-state index in [1.165, 1.54) is 11.8 Å². The van der Waals surface area contributed by atoms with Crippen LogP contribution >= 0.6 is 11.8 Å². The lowest BCUT2D eigenvalue weighted by Crippen LogP contribution is -2.51. The number of hydrogen-bond acceptors (Lipinski definition) is 11. The second-order valence-electron chi connectivity index (χ2n) is 9.50. The molecule has 2 aromatic heterocycles. The number of cyclic esters (lactones) is 1. The second-order valence-corrected chi connectivity index (χ2v) is 10.6. The fraction of sp³-hybridized carbons (Fsp3) is 0.565. The molecule has 0 bridgehead atoms. The Balaban J connectivity index is 1.21. The molecule has 1 unspecified atom stereocenters. The van der Waals surface area contributed by atoms with E-state index in [0.29, 0.717) is 47.9 Å². The molecule has 3 fully saturated rings. The number of anilines is 2. The highest BCUT2D eigenvalue weighted by molar-refractivity contribution is 7.99. The molecular formula is C23H28N6O5S. The van der Waals surface area contributed by atoms with Crippen LogP contribution in [0.5, 0.6) is 5.75 Å². The predicted octanol–water partition coefficient (Wildman–Crippen LogP) is 1.57. The van der Waals surface area contributed by atoms with Gasteiger partial charge in [0.15, 0.2) is 17.4 Å². The van der Waals surface area contributed by atoms with Gasteiger partial charge in [-0.2, -0.15) is 0 Å². The Morgan fingerprint density at radius 1 is 1.23 bits per heavy atom. The molecule has 0 radical (unpaired) electrons. The standard InChI is InChI=1S/C23H28N6O5S/c1-13-19(24)23(12-34-13)3-6-28(7-4-23)20-15(9-30)27-17(8-26-20)35-16-2-5-25-21-18(16)32-10-14-11-33-22(31)29(14)21/h2,5,8,13-14,19,30H,3-4,6-7,9-12,24H2,1H3/t13-,14?,19+/m0/s1. The number of piperidine rings is 1. The molecule has 3 saturated heterocycles. The Morgan fingerprint density at radius 3 is 2.77 bits per heavy atom. The molecule has 186 valence electrons. The first-order valence-corrected chi connectivity index (χ1v) is 12.7. The van der Waals surface area contributed by atoms with Crippen molar-refractivity contribution in [1.82, 2.24) is 15.0 Å². The average Bonchev–Trinajstić information content (AvgIpc) is 3.40. The molecule has 1 spiro atoms. The van der Waals surface area contributed by atoms with E-state index in [4.69, 9.17) is 19.9 Å². The van der Waals surface area contributed by atoms with Crippen LogP contribution in [-0.2, 0) is 16.1 Å². The first kappa shape index (κ1) is 22.8. The highest BCUT2D eigenvalue weighted by atomic mass is 32.2. The van der Waals surface area contributed by atoms with Crippen LogP contribution in [0, 0.1) is 5.41 Å². The normalized spacial score (nSPS) is 26.9. The fourth-order valence-corrected chi connectivity index (χ4v) is 6.26. The molecule has 3 atom stereocenters. The summed E-state index contributed by atoms with van der Waals surface area (Å²) in [4.78, 5) is 30.4. The molecule has 4 aliphatic rings. The SMILES string of the molecule is C[C@@H]1OCC2(CCN(c3ncc(Sc4ccnc5c4OCC4COC(=O)N54)nc3CO)CC2)[C@@H]1N. The van der Waals surface area contributed by atoms with Crippen molar-refractivity contribution in [2.75, 3.05) is 42.7 Å². The molecule has 11 nitrogen and oxygen atoms in total. The minimum absolute atomic E-state index is 0.0136. The first-order chi connectivity index (χ1) is 17.0. The van der Waals surface area contributed by atoms with E-state index in [0.717, 1.165) is 30.8 Å². The van der Waals surface area contributed by atoms with Gasteiger partial charge >= 0.3 is 6.09 Å². The third-order valence-electron chi connectivity index (χ3n) is 7.53. The number of carbonyl (C=O) groups excluding carboxylic acids is 1. The molecule has 4 aliphatic heterocycles. The lowest BCUT2D eigenvalue weighted by Gasteiger charge is -2.41. The summed E-state index contributed by atoms with van der Waals surface area (Å²) >= 11 is 1.36. The molecule has 6 heterocycles. The smallest absolute Gasteiger partial charge is 0.416 e. The van der Waals surface area contributed by atoms with Gasteiger partial charge in [-0.1, -0.05) is 11.8 Å². The van der Waals surface area contributed by atoms with E-state index in [1.807, 2.05) is 13.0 Å². The van der Waals surface area contributed by atoms with E-state index in [1.54, 1.807) is 17.3 Å². The highest BCUT2D eigenvalue weighted by Crippen LogP contribution is 2.44. The Labute approximate surface area is 207 Å². The van der Waals surface area contributed by atoms with Crippen molar-refractivity contribution in [1.29, 1.82) is 0 Å². The van der Waals surface area contributed by atoms with E-state index in [9.17, 15) is 9.90 Å². The van der Waals surface area contributed by atoms with Crippen LogP contribution in [-0.4, -0.2) is 77.2 Å². The molecule has 0 saturated carbocycles. The maximum Gasteiger partial charge on any atom is 0.416 e. The van der Waals surface area contributed by atoms with Gasteiger partial charge in [-0.15, -0.1) is 0 Å². The van der Waals surface area contributed by atoms with Gasteiger partial charge in [0.1, 0.15) is 30.0 Å². The van der Waals surface area contributed by atoms with Gasteiger partial charge < -0.3 is 30.0 Å². The van der Waals surface area contributed by atoms with Crippen molar-refractivity contribution in [3.63, 3.8) is 0 Å². The van der Waals surface area contributed by atoms with Crippen molar-refractivity contribution in [2.45, 2.75) is 54.5 Å². The van der Waals surface area contributed by atoms with Crippen LogP contribution in [0.1, 0.15) is 25.5 Å². The molecule has 0 aliphatic carbocycles. The third-order valence-corrected chi connectivity index (χ3v) is 8.48.